The summed E-state index contributed by atoms with van der Waals surface area (Å²) in [7, 11) is 0. The lowest BCUT2D eigenvalue weighted by Crippen LogP contribution is -2.26. The van der Waals surface area contributed by atoms with Gasteiger partial charge in [-0.15, -0.1) is 0 Å². The van der Waals surface area contributed by atoms with Crippen LogP contribution >= 0.6 is 0 Å². The molecule has 2 N–H and O–H groups in total. The normalized spacial score (nSPS) is 11.7. The number of amides is 2. The Morgan fingerprint density at radius 2 is 1.80 bits per heavy atom. The van der Waals surface area contributed by atoms with Crippen LogP contribution in [0, 0.1) is 0 Å². The fourth-order valence-corrected chi connectivity index (χ4v) is 1.99. The number of nitrogens with one attached hydrogen (secondary N) is 2. The summed E-state index contributed by atoms with van der Waals surface area (Å²) >= 11 is 0. The van der Waals surface area contributed by atoms with E-state index < -0.39 is 0 Å². The Bertz CT molecular complexity index is 418. The third kappa shape index (κ3) is 6.92. The number of unbranched alkanes of at least 4 members (excludes halogenated alkanes) is 2. The van der Waals surface area contributed by atoms with Crippen LogP contribution in [0.5, 0.6) is 0 Å². The van der Waals surface area contributed by atoms with Crippen LogP contribution in [0.2, 0.25) is 0 Å². The van der Waals surface area contributed by atoms with Gasteiger partial charge in [0, 0.05) is 19.9 Å². The zero-order valence-corrected chi connectivity index (χ0v) is 12.3. The van der Waals surface area contributed by atoms with Crippen LogP contribution in [0.4, 0.5) is 0 Å². The van der Waals surface area contributed by atoms with Crippen LogP contribution in [0.1, 0.15) is 51.1 Å². The van der Waals surface area contributed by atoms with Crippen LogP contribution < -0.4 is 10.6 Å². The van der Waals surface area contributed by atoms with E-state index in [4.69, 9.17) is 0 Å². The maximum atomic E-state index is 11.8. The predicted molar refractivity (Wildman–Crippen MR) is 80.2 cm³/mol. The van der Waals surface area contributed by atoms with Gasteiger partial charge in [0.1, 0.15) is 0 Å². The van der Waals surface area contributed by atoms with Crippen molar-refractivity contribution in [3.05, 3.63) is 35.9 Å². The Morgan fingerprint density at radius 3 is 2.45 bits per heavy atom. The summed E-state index contributed by atoms with van der Waals surface area (Å²) in [4.78, 5) is 22.5. The monoisotopic (exact) mass is 276 g/mol. The predicted octanol–water partition coefficient (Wildman–Crippen LogP) is 2.56. The molecule has 0 saturated heterocycles. The fourth-order valence-electron chi connectivity index (χ4n) is 1.99. The largest absolute Gasteiger partial charge is 0.356 e. The summed E-state index contributed by atoms with van der Waals surface area (Å²) in [6.07, 6.45) is 3.26. The Labute approximate surface area is 121 Å². The van der Waals surface area contributed by atoms with Crippen molar-refractivity contribution >= 4 is 11.8 Å². The minimum absolute atomic E-state index is 0.000529. The van der Waals surface area contributed by atoms with Crippen molar-refractivity contribution in [2.45, 2.75) is 45.6 Å². The second kappa shape index (κ2) is 9.13. The van der Waals surface area contributed by atoms with Crippen LogP contribution in [0.25, 0.3) is 0 Å². The number of hydrogen-bond donors (Lipinski definition) is 2. The van der Waals surface area contributed by atoms with Gasteiger partial charge in [0.05, 0.1) is 6.04 Å². The Balaban J connectivity index is 2.13. The van der Waals surface area contributed by atoms with Gasteiger partial charge in [-0.3, -0.25) is 9.59 Å². The van der Waals surface area contributed by atoms with E-state index in [1.807, 2.05) is 37.3 Å². The molecular weight excluding hydrogens is 252 g/mol. The molecule has 1 aromatic carbocycles. The van der Waals surface area contributed by atoms with E-state index in [0.29, 0.717) is 13.0 Å². The van der Waals surface area contributed by atoms with Crippen LogP contribution in [0.15, 0.2) is 30.3 Å². The van der Waals surface area contributed by atoms with E-state index in [1.165, 1.54) is 6.92 Å². The molecule has 1 aromatic rings. The quantitative estimate of drug-likeness (QED) is 0.717. The summed E-state index contributed by atoms with van der Waals surface area (Å²) in [5.41, 5.74) is 1.12. The van der Waals surface area contributed by atoms with Gasteiger partial charge >= 0.3 is 0 Å². The number of rotatable bonds is 8. The van der Waals surface area contributed by atoms with Crippen molar-refractivity contribution in [2.75, 3.05) is 6.54 Å². The lowest BCUT2D eigenvalue weighted by atomic mass is 10.1. The summed E-state index contributed by atoms with van der Waals surface area (Å²) in [5.74, 6) is 0.0836. The van der Waals surface area contributed by atoms with Crippen molar-refractivity contribution < 1.29 is 9.59 Å². The van der Waals surface area contributed by atoms with Gasteiger partial charge in [-0.25, -0.2) is 0 Å². The average Bonchev–Trinajstić information content (AvgIpc) is 2.43. The highest BCUT2D eigenvalue weighted by Gasteiger charge is 2.08. The molecule has 0 aliphatic rings. The van der Waals surface area contributed by atoms with Crippen molar-refractivity contribution in [3.63, 3.8) is 0 Å². The third-order valence-corrected chi connectivity index (χ3v) is 3.13. The first-order valence-electron chi connectivity index (χ1n) is 7.18. The molecule has 20 heavy (non-hydrogen) atoms. The fraction of sp³-hybridized carbons (Fsp3) is 0.500. The van der Waals surface area contributed by atoms with Gasteiger partial charge in [0.15, 0.2) is 0 Å². The van der Waals surface area contributed by atoms with E-state index in [2.05, 4.69) is 10.6 Å². The summed E-state index contributed by atoms with van der Waals surface area (Å²) in [6.45, 7) is 4.19. The van der Waals surface area contributed by atoms with Gasteiger partial charge in [-0.1, -0.05) is 36.8 Å². The second-order valence-corrected chi connectivity index (χ2v) is 4.99. The van der Waals surface area contributed by atoms with Gasteiger partial charge in [0.2, 0.25) is 11.8 Å². The molecule has 0 spiro atoms. The summed E-state index contributed by atoms with van der Waals surface area (Å²) < 4.78 is 0. The zero-order valence-electron chi connectivity index (χ0n) is 12.3. The SMILES string of the molecule is CC(=O)NCCCCCC(=O)NC(C)c1ccccc1. The molecule has 4 heteroatoms. The molecule has 0 bridgehead atoms. The number of carbonyl (C=O) groups is 2. The van der Waals surface area contributed by atoms with Crippen LogP contribution in [-0.4, -0.2) is 18.4 Å². The van der Waals surface area contributed by atoms with Crippen molar-refractivity contribution in [2.24, 2.45) is 0 Å². The van der Waals surface area contributed by atoms with E-state index in [9.17, 15) is 9.59 Å². The van der Waals surface area contributed by atoms with E-state index in [1.54, 1.807) is 0 Å². The minimum atomic E-state index is -0.000529. The maximum absolute atomic E-state index is 11.8. The van der Waals surface area contributed by atoms with Crippen LogP contribution in [0.3, 0.4) is 0 Å². The molecule has 2 amide bonds. The van der Waals surface area contributed by atoms with Gasteiger partial charge in [0.25, 0.3) is 0 Å². The van der Waals surface area contributed by atoms with Crippen molar-refractivity contribution in [3.8, 4) is 0 Å². The molecular formula is C16H24N2O2. The highest BCUT2D eigenvalue weighted by Crippen LogP contribution is 2.11. The molecule has 1 unspecified atom stereocenters. The second-order valence-electron chi connectivity index (χ2n) is 4.99. The van der Waals surface area contributed by atoms with E-state index >= 15 is 0 Å². The highest BCUT2D eigenvalue weighted by molar-refractivity contribution is 5.76. The molecule has 1 rings (SSSR count). The molecule has 0 radical (unpaired) electrons. The average molecular weight is 276 g/mol. The first kappa shape index (κ1) is 16.2. The van der Waals surface area contributed by atoms with Crippen LogP contribution in [-0.2, 0) is 9.59 Å². The van der Waals surface area contributed by atoms with Gasteiger partial charge in [-0.2, -0.15) is 0 Å². The molecule has 110 valence electrons. The summed E-state index contributed by atoms with van der Waals surface area (Å²) in [5, 5.41) is 5.74. The minimum Gasteiger partial charge on any atom is -0.356 e. The first-order valence-corrected chi connectivity index (χ1v) is 7.18. The van der Waals surface area contributed by atoms with E-state index in [-0.39, 0.29) is 17.9 Å². The molecule has 0 aliphatic carbocycles. The van der Waals surface area contributed by atoms with Gasteiger partial charge < -0.3 is 10.6 Å². The molecule has 4 nitrogen and oxygen atoms in total. The first-order chi connectivity index (χ1) is 9.59. The topological polar surface area (TPSA) is 58.2 Å². The lowest BCUT2D eigenvalue weighted by molar-refractivity contribution is -0.122. The molecule has 0 heterocycles. The van der Waals surface area contributed by atoms with Gasteiger partial charge in [-0.05, 0) is 25.3 Å². The molecule has 0 aliphatic heterocycles. The Hall–Kier alpha value is -1.84. The number of hydrogen-bond acceptors (Lipinski definition) is 2. The third-order valence-electron chi connectivity index (χ3n) is 3.13. The molecule has 0 fully saturated rings. The smallest absolute Gasteiger partial charge is 0.220 e. The molecule has 1 atom stereocenters. The highest BCUT2D eigenvalue weighted by atomic mass is 16.2. The Kier molecular flexibility index (Phi) is 7.40. The molecule has 0 saturated carbocycles. The number of benzene rings is 1. The van der Waals surface area contributed by atoms with E-state index in [0.717, 1.165) is 24.8 Å². The summed E-state index contributed by atoms with van der Waals surface area (Å²) in [6, 6.07) is 9.98. The Morgan fingerprint density at radius 1 is 1.10 bits per heavy atom. The molecule has 0 aromatic heterocycles. The zero-order chi connectivity index (χ0) is 14.8. The maximum Gasteiger partial charge on any atom is 0.220 e. The van der Waals surface area contributed by atoms with Crippen molar-refractivity contribution in [1.82, 2.24) is 10.6 Å². The van der Waals surface area contributed by atoms with Crippen molar-refractivity contribution in [1.29, 1.82) is 0 Å². The number of carbonyl (C=O) groups excluding carboxylic acids is 2. The standard InChI is InChI=1S/C16H24N2O2/c1-13(15-9-5-3-6-10-15)18-16(20)11-7-4-8-12-17-14(2)19/h3,5-6,9-10,13H,4,7-8,11-12H2,1-2H3,(H,17,19)(H,18,20). The lowest BCUT2D eigenvalue weighted by Gasteiger charge is -2.14.